The predicted octanol–water partition coefficient (Wildman–Crippen LogP) is 13.6. The van der Waals surface area contributed by atoms with Gasteiger partial charge in [-0.05, 0) is 94.0 Å². The van der Waals surface area contributed by atoms with Gasteiger partial charge < -0.3 is 0 Å². The molecule has 0 spiro atoms. The van der Waals surface area contributed by atoms with Crippen LogP contribution in [0.2, 0.25) is 0 Å². The zero-order chi connectivity index (χ0) is 32.6. The van der Waals surface area contributed by atoms with Gasteiger partial charge in [-0.1, -0.05) is 194 Å². The SMILES string of the molecule is C(=C\c1ccc(-c2c3ccccc3c(-c3ccccc3)c3c2ccc2ccccc23)cc1)/Cc1cccc(-c2cccc3ccccc23)c1. The van der Waals surface area contributed by atoms with Crippen molar-refractivity contribution >= 4 is 49.2 Å². The summed E-state index contributed by atoms with van der Waals surface area (Å²) >= 11 is 0. The van der Waals surface area contributed by atoms with E-state index in [0.29, 0.717) is 0 Å². The van der Waals surface area contributed by atoms with Gasteiger partial charge in [0, 0.05) is 0 Å². The highest BCUT2D eigenvalue weighted by molar-refractivity contribution is 6.27. The fourth-order valence-electron chi connectivity index (χ4n) is 7.60. The minimum Gasteiger partial charge on any atom is -0.0795 e. The molecule has 9 aromatic carbocycles. The maximum absolute atomic E-state index is 2.33. The Labute approximate surface area is 287 Å². The fraction of sp³-hybridized carbons (Fsp3) is 0.0204. The summed E-state index contributed by atoms with van der Waals surface area (Å²) in [6.45, 7) is 0. The molecule has 0 unspecified atom stereocenters. The first-order valence-electron chi connectivity index (χ1n) is 17.1. The van der Waals surface area contributed by atoms with Gasteiger partial charge in [-0.25, -0.2) is 0 Å². The number of hydrogen-bond donors (Lipinski definition) is 0. The van der Waals surface area contributed by atoms with Crippen molar-refractivity contribution in [3.05, 3.63) is 199 Å². The van der Waals surface area contributed by atoms with Gasteiger partial charge in [-0.15, -0.1) is 0 Å². The molecule has 0 nitrogen and oxygen atoms in total. The van der Waals surface area contributed by atoms with Gasteiger partial charge in [-0.2, -0.15) is 0 Å². The summed E-state index contributed by atoms with van der Waals surface area (Å²) in [5, 5.41) is 10.3. The predicted molar refractivity (Wildman–Crippen MR) is 212 cm³/mol. The molecule has 0 fully saturated rings. The highest BCUT2D eigenvalue weighted by Gasteiger charge is 2.18. The second kappa shape index (κ2) is 12.4. The average molecular weight is 623 g/mol. The summed E-state index contributed by atoms with van der Waals surface area (Å²) in [7, 11) is 0. The third-order valence-electron chi connectivity index (χ3n) is 9.87. The van der Waals surface area contributed by atoms with Crippen molar-refractivity contribution in [3.8, 4) is 33.4 Å². The van der Waals surface area contributed by atoms with Crippen molar-refractivity contribution in [2.24, 2.45) is 0 Å². The molecule has 49 heavy (non-hydrogen) atoms. The van der Waals surface area contributed by atoms with E-state index in [1.165, 1.54) is 87.6 Å². The maximum Gasteiger partial charge on any atom is -0.00141 e. The molecule has 0 amide bonds. The summed E-state index contributed by atoms with van der Waals surface area (Å²) in [5.74, 6) is 0. The quantitative estimate of drug-likeness (QED) is 0.128. The first-order valence-corrected chi connectivity index (χ1v) is 17.1. The normalized spacial score (nSPS) is 11.7. The van der Waals surface area contributed by atoms with E-state index in [9.17, 15) is 0 Å². The molecule has 0 aliphatic carbocycles. The lowest BCUT2D eigenvalue weighted by molar-refractivity contribution is 1.28. The molecule has 230 valence electrons. The monoisotopic (exact) mass is 622 g/mol. The summed E-state index contributed by atoms with van der Waals surface area (Å²) < 4.78 is 0. The van der Waals surface area contributed by atoms with Gasteiger partial charge in [0.05, 0.1) is 0 Å². The fourth-order valence-corrected chi connectivity index (χ4v) is 7.60. The van der Waals surface area contributed by atoms with Crippen LogP contribution in [0, 0.1) is 0 Å². The van der Waals surface area contributed by atoms with Crippen LogP contribution in [-0.4, -0.2) is 0 Å². The van der Waals surface area contributed by atoms with Gasteiger partial charge in [0.15, 0.2) is 0 Å². The molecule has 0 heterocycles. The van der Waals surface area contributed by atoms with E-state index in [1.807, 2.05) is 0 Å². The number of rotatable bonds is 6. The minimum atomic E-state index is 0.879. The Morgan fingerprint density at radius 3 is 1.76 bits per heavy atom. The lowest BCUT2D eigenvalue weighted by Crippen LogP contribution is -1.92. The molecule has 9 rings (SSSR count). The summed E-state index contributed by atoms with van der Waals surface area (Å²) in [4.78, 5) is 0. The van der Waals surface area contributed by atoms with Crippen LogP contribution in [0.15, 0.2) is 188 Å². The molecule has 0 heteroatoms. The zero-order valence-electron chi connectivity index (χ0n) is 27.2. The van der Waals surface area contributed by atoms with E-state index >= 15 is 0 Å². The Morgan fingerprint density at radius 2 is 0.959 bits per heavy atom. The third-order valence-corrected chi connectivity index (χ3v) is 9.87. The van der Waals surface area contributed by atoms with E-state index in [4.69, 9.17) is 0 Å². The topological polar surface area (TPSA) is 0 Å². The first-order chi connectivity index (χ1) is 24.3. The van der Waals surface area contributed by atoms with Gasteiger partial charge in [0.2, 0.25) is 0 Å². The van der Waals surface area contributed by atoms with E-state index in [0.717, 1.165) is 6.42 Å². The average Bonchev–Trinajstić information content (AvgIpc) is 3.17. The van der Waals surface area contributed by atoms with Crippen molar-refractivity contribution in [3.63, 3.8) is 0 Å². The van der Waals surface area contributed by atoms with Gasteiger partial charge in [0.25, 0.3) is 0 Å². The van der Waals surface area contributed by atoms with Crippen molar-refractivity contribution < 1.29 is 0 Å². The van der Waals surface area contributed by atoms with E-state index in [1.54, 1.807) is 0 Å². The van der Waals surface area contributed by atoms with Crippen molar-refractivity contribution in [1.29, 1.82) is 0 Å². The van der Waals surface area contributed by atoms with Crippen LogP contribution in [0.5, 0.6) is 0 Å². The van der Waals surface area contributed by atoms with E-state index < -0.39 is 0 Å². The largest absolute Gasteiger partial charge is 0.0795 e. The lowest BCUT2D eigenvalue weighted by atomic mass is 9.84. The summed E-state index contributed by atoms with van der Waals surface area (Å²) in [6, 6.07) is 66.4. The molecular weight excluding hydrogens is 589 g/mol. The smallest absolute Gasteiger partial charge is 0.00141 e. The third kappa shape index (κ3) is 5.29. The molecule has 9 aromatic rings. The zero-order valence-corrected chi connectivity index (χ0v) is 27.2. The van der Waals surface area contributed by atoms with Crippen LogP contribution in [0.3, 0.4) is 0 Å². The summed E-state index contributed by atoms with van der Waals surface area (Å²) in [6.07, 6.45) is 5.41. The summed E-state index contributed by atoms with van der Waals surface area (Å²) in [5.41, 5.74) is 10.1. The Hall–Kier alpha value is -6.24. The minimum absolute atomic E-state index is 0.879. The molecular formula is C49H34. The Kier molecular flexibility index (Phi) is 7.33. The van der Waals surface area contributed by atoms with E-state index in [-0.39, 0.29) is 0 Å². The standard InChI is InChI=1S/C49H34/c1-2-18-38(19-3-1)48-45-25-9-8-24-44(45)47(46-32-31-37-17-5-7-23-43(37)49(46)48)39-29-27-34(28-30-39)13-10-14-35-15-11-21-40(33-35)42-26-12-20-36-16-4-6-22-41(36)42/h1-13,15-33H,14H2/b13-10+. The van der Waals surface area contributed by atoms with Crippen LogP contribution in [0.1, 0.15) is 11.1 Å². The van der Waals surface area contributed by atoms with Crippen LogP contribution in [-0.2, 0) is 6.42 Å². The van der Waals surface area contributed by atoms with E-state index in [2.05, 4.69) is 194 Å². The number of allylic oxidation sites excluding steroid dienone is 1. The second-order valence-corrected chi connectivity index (χ2v) is 12.8. The maximum atomic E-state index is 2.33. The highest BCUT2D eigenvalue weighted by atomic mass is 14.2. The van der Waals surface area contributed by atoms with Crippen LogP contribution < -0.4 is 0 Å². The Morgan fingerprint density at radius 1 is 0.367 bits per heavy atom. The molecule has 0 aliphatic rings. The second-order valence-electron chi connectivity index (χ2n) is 12.8. The van der Waals surface area contributed by atoms with Gasteiger partial charge >= 0.3 is 0 Å². The molecule has 0 saturated carbocycles. The lowest BCUT2D eigenvalue weighted by Gasteiger charge is -2.19. The van der Waals surface area contributed by atoms with Crippen LogP contribution in [0.4, 0.5) is 0 Å². The van der Waals surface area contributed by atoms with Crippen molar-refractivity contribution in [2.45, 2.75) is 6.42 Å². The highest BCUT2D eigenvalue weighted by Crippen LogP contribution is 2.46. The van der Waals surface area contributed by atoms with Crippen LogP contribution >= 0.6 is 0 Å². The number of hydrogen-bond acceptors (Lipinski definition) is 0. The van der Waals surface area contributed by atoms with Crippen LogP contribution in [0.25, 0.3) is 82.5 Å². The van der Waals surface area contributed by atoms with Gasteiger partial charge in [0.1, 0.15) is 0 Å². The molecule has 0 saturated heterocycles. The number of benzene rings is 9. The number of fused-ring (bicyclic) bond motifs is 5. The molecule has 0 aromatic heterocycles. The molecule has 0 radical (unpaired) electrons. The molecule has 0 aliphatic heterocycles. The first kappa shape index (κ1) is 28.9. The Balaban J connectivity index is 1.08. The molecule has 0 bridgehead atoms. The van der Waals surface area contributed by atoms with Crippen molar-refractivity contribution in [1.82, 2.24) is 0 Å². The molecule has 0 atom stereocenters. The van der Waals surface area contributed by atoms with Crippen molar-refractivity contribution in [2.75, 3.05) is 0 Å². The molecule has 0 N–H and O–H groups in total. The Bertz CT molecular complexity index is 2650. The van der Waals surface area contributed by atoms with Gasteiger partial charge in [-0.3, -0.25) is 0 Å².